The lowest BCUT2D eigenvalue weighted by atomic mass is 9.43. The van der Waals surface area contributed by atoms with Gasteiger partial charge in [-0.3, -0.25) is 4.79 Å². The van der Waals surface area contributed by atoms with Gasteiger partial charge in [-0.2, -0.15) is 0 Å². The highest BCUT2D eigenvalue weighted by Gasteiger charge is 2.61. The number of aliphatic carboxylic acids is 1. The Bertz CT molecular complexity index is 631. The molecule has 4 saturated carbocycles. The van der Waals surface area contributed by atoms with Crippen LogP contribution in [0.5, 0.6) is 0 Å². The van der Waals surface area contributed by atoms with Crippen molar-refractivity contribution >= 4 is 5.97 Å². The topological polar surface area (TPSA) is 57.5 Å². The van der Waals surface area contributed by atoms with Crippen LogP contribution in [0, 0.1) is 46.3 Å². The lowest BCUT2D eigenvalue weighted by molar-refractivity contribution is -0.153. The molecule has 4 fully saturated rings. The van der Waals surface area contributed by atoms with Crippen LogP contribution < -0.4 is 0 Å². The molecule has 0 radical (unpaired) electrons. The number of fused-ring (bicyclic) bond motifs is 5. The summed E-state index contributed by atoms with van der Waals surface area (Å²) in [4.78, 5) is 11.1. The van der Waals surface area contributed by atoms with Crippen molar-refractivity contribution in [2.24, 2.45) is 46.3 Å². The highest BCUT2D eigenvalue weighted by molar-refractivity contribution is 5.66. The van der Waals surface area contributed by atoms with E-state index in [-0.39, 0.29) is 0 Å². The molecule has 9 atom stereocenters. The fraction of sp³-hybridized carbons (Fsp3) is 0.962. The summed E-state index contributed by atoms with van der Waals surface area (Å²) in [6.45, 7) is 9.62. The summed E-state index contributed by atoms with van der Waals surface area (Å²) >= 11 is 0. The third kappa shape index (κ3) is 3.48. The van der Waals surface area contributed by atoms with Gasteiger partial charge in [-0.1, -0.05) is 27.7 Å². The maximum Gasteiger partial charge on any atom is 0.303 e. The number of aliphatic hydroxyl groups is 1. The molecule has 0 aliphatic heterocycles. The van der Waals surface area contributed by atoms with Gasteiger partial charge in [0.1, 0.15) is 0 Å². The molecule has 4 aliphatic carbocycles. The van der Waals surface area contributed by atoms with Crippen LogP contribution in [-0.4, -0.2) is 21.8 Å². The van der Waals surface area contributed by atoms with Crippen molar-refractivity contribution in [3.05, 3.63) is 0 Å². The van der Waals surface area contributed by atoms with Gasteiger partial charge < -0.3 is 10.2 Å². The molecule has 4 rings (SSSR count). The summed E-state index contributed by atoms with van der Waals surface area (Å²) in [5, 5.41) is 20.1. The van der Waals surface area contributed by atoms with Gasteiger partial charge in [0.15, 0.2) is 0 Å². The first-order valence-corrected chi connectivity index (χ1v) is 12.6. The van der Waals surface area contributed by atoms with Crippen LogP contribution in [0.25, 0.3) is 0 Å². The molecule has 0 unspecified atom stereocenters. The Kier molecular flexibility index (Phi) is 5.63. The summed E-state index contributed by atoms with van der Waals surface area (Å²) in [5.41, 5.74) is 0.442. The molecule has 0 amide bonds. The van der Waals surface area contributed by atoms with Crippen molar-refractivity contribution in [2.45, 2.75) is 110 Å². The van der Waals surface area contributed by atoms with Crippen LogP contribution in [0.15, 0.2) is 0 Å². The Balaban J connectivity index is 1.50. The van der Waals surface area contributed by atoms with Crippen molar-refractivity contribution in [1.82, 2.24) is 0 Å². The van der Waals surface area contributed by atoms with Gasteiger partial charge in [0.2, 0.25) is 0 Å². The van der Waals surface area contributed by atoms with Crippen LogP contribution in [-0.2, 0) is 4.79 Å². The lowest BCUT2D eigenvalue weighted by Crippen LogP contribution is -2.56. The summed E-state index contributed by atoms with van der Waals surface area (Å²) in [7, 11) is 0. The molecule has 0 saturated heterocycles. The van der Waals surface area contributed by atoms with E-state index in [4.69, 9.17) is 5.11 Å². The number of hydrogen-bond acceptors (Lipinski definition) is 2. The van der Waals surface area contributed by atoms with E-state index in [0.717, 1.165) is 43.4 Å². The highest BCUT2D eigenvalue weighted by atomic mass is 16.4. The van der Waals surface area contributed by atoms with Gasteiger partial charge in [-0.05, 0) is 117 Å². The number of rotatable bonds is 5. The van der Waals surface area contributed by atoms with E-state index in [2.05, 4.69) is 27.7 Å². The van der Waals surface area contributed by atoms with Crippen molar-refractivity contribution in [3.8, 4) is 0 Å². The van der Waals surface area contributed by atoms with Crippen molar-refractivity contribution < 1.29 is 15.0 Å². The number of carboxylic acid groups (broad SMARTS) is 1. The zero-order valence-electron chi connectivity index (χ0n) is 19.3. The van der Waals surface area contributed by atoms with Crippen LogP contribution in [0.3, 0.4) is 0 Å². The largest absolute Gasteiger partial charge is 0.481 e. The molecule has 29 heavy (non-hydrogen) atoms. The second-order valence-electron chi connectivity index (χ2n) is 12.1. The van der Waals surface area contributed by atoms with Crippen molar-refractivity contribution in [1.29, 1.82) is 0 Å². The minimum atomic E-state index is -0.643. The van der Waals surface area contributed by atoms with Gasteiger partial charge >= 0.3 is 5.97 Å². The average molecular weight is 405 g/mol. The van der Waals surface area contributed by atoms with Crippen LogP contribution in [0.4, 0.5) is 0 Å². The second-order valence-corrected chi connectivity index (χ2v) is 12.1. The molecule has 0 spiro atoms. The molecular weight excluding hydrogens is 360 g/mol. The highest BCUT2D eigenvalue weighted by Crippen LogP contribution is 2.69. The minimum absolute atomic E-state index is 0.324. The zero-order chi connectivity index (χ0) is 21.0. The summed E-state index contributed by atoms with van der Waals surface area (Å²) in [5.74, 6) is 3.83. The monoisotopic (exact) mass is 404 g/mol. The fourth-order valence-corrected chi connectivity index (χ4v) is 9.17. The third-order valence-electron chi connectivity index (χ3n) is 11.1. The maximum absolute atomic E-state index is 11.1. The molecule has 0 aromatic rings. The molecule has 166 valence electrons. The molecule has 0 aromatic carbocycles. The van der Waals surface area contributed by atoms with E-state index >= 15 is 0 Å². The van der Waals surface area contributed by atoms with E-state index in [1.165, 1.54) is 44.9 Å². The predicted molar refractivity (Wildman–Crippen MR) is 116 cm³/mol. The Hall–Kier alpha value is -0.570. The minimum Gasteiger partial charge on any atom is -0.481 e. The first-order valence-electron chi connectivity index (χ1n) is 12.6. The van der Waals surface area contributed by atoms with Gasteiger partial charge in [0.25, 0.3) is 0 Å². The van der Waals surface area contributed by atoms with E-state index < -0.39 is 11.6 Å². The SMILES string of the molecule is CC[C@]1(O)CC[C@@]2(C)[C@H](CC[C@@H]3[C@@H]2CC[C@]2(C)[C@@H]([C@H](C)CCC(=O)O)CC[C@@H]32)C1. The Labute approximate surface area is 178 Å². The van der Waals surface area contributed by atoms with Crippen molar-refractivity contribution in [3.63, 3.8) is 0 Å². The van der Waals surface area contributed by atoms with E-state index in [1.807, 2.05) is 0 Å². The maximum atomic E-state index is 11.1. The lowest BCUT2D eigenvalue weighted by Gasteiger charge is -2.62. The molecule has 0 heterocycles. The van der Waals surface area contributed by atoms with Crippen molar-refractivity contribution in [2.75, 3.05) is 0 Å². The summed E-state index contributed by atoms with van der Waals surface area (Å²) in [6.07, 6.45) is 13.3. The second kappa shape index (κ2) is 7.53. The van der Waals surface area contributed by atoms with Gasteiger partial charge in [-0.15, -0.1) is 0 Å². The summed E-state index contributed by atoms with van der Waals surface area (Å²) < 4.78 is 0. The first kappa shape index (κ1) is 21.7. The average Bonchev–Trinajstić information content (AvgIpc) is 3.04. The standard InChI is InChI=1S/C26H44O3/c1-5-26(29)15-14-24(3)18(16-26)7-8-19-21-10-9-20(17(2)6-11-23(27)28)25(21,4)13-12-22(19)24/h17-22,29H,5-16H2,1-4H3,(H,27,28)/t17-,18-,19+,20-,21+,22+,24+,25-,26+/m1/s1. The van der Waals surface area contributed by atoms with E-state index in [0.29, 0.717) is 35.0 Å². The zero-order valence-corrected chi connectivity index (χ0v) is 19.3. The Morgan fingerprint density at radius 1 is 1.00 bits per heavy atom. The molecule has 3 heteroatoms. The van der Waals surface area contributed by atoms with Gasteiger partial charge in [0.05, 0.1) is 5.60 Å². The number of carbonyl (C=O) groups is 1. The van der Waals surface area contributed by atoms with Crippen LogP contribution in [0.1, 0.15) is 105 Å². The fourth-order valence-electron chi connectivity index (χ4n) is 9.17. The van der Waals surface area contributed by atoms with Crippen LogP contribution in [0.2, 0.25) is 0 Å². The molecule has 0 bridgehead atoms. The van der Waals surface area contributed by atoms with E-state index in [1.54, 1.807) is 0 Å². The van der Waals surface area contributed by atoms with E-state index in [9.17, 15) is 9.90 Å². The smallest absolute Gasteiger partial charge is 0.303 e. The number of carboxylic acids is 1. The first-order chi connectivity index (χ1) is 13.6. The van der Waals surface area contributed by atoms with Gasteiger partial charge in [-0.25, -0.2) is 0 Å². The summed E-state index contributed by atoms with van der Waals surface area (Å²) in [6, 6.07) is 0. The molecule has 0 aromatic heterocycles. The normalized spacial score (nSPS) is 50.3. The number of hydrogen-bond donors (Lipinski definition) is 2. The molecule has 4 aliphatic rings. The quantitative estimate of drug-likeness (QED) is 0.566. The third-order valence-corrected chi connectivity index (χ3v) is 11.1. The Morgan fingerprint density at radius 2 is 1.72 bits per heavy atom. The molecule has 2 N–H and O–H groups in total. The predicted octanol–water partition coefficient (Wildman–Crippen LogP) is 6.29. The van der Waals surface area contributed by atoms with Crippen LogP contribution >= 0.6 is 0 Å². The molecular formula is C26H44O3. The van der Waals surface area contributed by atoms with Gasteiger partial charge in [0, 0.05) is 6.42 Å². The molecule has 3 nitrogen and oxygen atoms in total. The Morgan fingerprint density at radius 3 is 2.41 bits per heavy atom.